The van der Waals surface area contributed by atoms with Crippen LogP contribution in [0.15, 0.2) is 48.8 Å². The second-order valence-corrected chi connectivity index (χ2v) is 8.32. The molecule has 3 aromatic heterocycles. The molecule has 0 bridgehead atoms. The number of imidazole rings is 1. The summed E-state index contributed by atoms with van der Waals surface area (Å²) in [6.45, 7) is 1.34. The van der Waals surface area contributed by atoms with E-state index in [0.29, 0.717) is 40.4 Å². The van der Waals surface area contributed by atoms with E-state index < -0.39 is 23.8 Å². The minimum atomic E-state index is -4.92. The van der Waals surface area contributed by atoms with Crippen molar-refractivity contribution >= 4 is 23.3 Å². The van der Waals surface area contributed by atoms with Crippen LogP contribution in [0, 0.1) is 5.82 Å². The van der Waals surface area contributed by atoms with Gasteiger partial charge in [0, 0.05) is 43.8 Å². The second kappa shape index (κ2) is 9.15. The molecule has 0 aliphatic carbocycles. The molecule has 4 heterocycles. The third kappa shape index (κ3) is 5.20. The Morgan fingerprint density at radius 1 is 1.19 bits per heavy atom. The van der Waals surface area contributed by atoms with E-state index in [-0.39, 0.29) is 24.6 Å². The van der Waals surface area contributed by atoms with Crippen molar-refractivity contribution in [1.29, 1.82) is 0 Å². The van der Waals surface area contributed by atoms with Crippen molar-refractivity contribution in [1.82, 2.24) is 24.5 Å². The summed E-state index contributed by atoms with van der Waals surface area (Å²) >= 11 is 0. The molecule has 1 N–H and O–H groups in total. The van der Waals surface area contributed by atoms with Gasteiger partial charge in [0.15, 0.2) is 11.5 Å². The molecule has 13 heteroatoms. The van der Waals surface area contributed by atoms with Crippen LogP contribution < -0.4 is 10.1 Å². The molecule has 1 aliphatic rings. The van der Waals surface area contributed by atoms with Gasteiger partial charge in [-0.05, 0) is 36.4 Å². The molecule has 1 aliphatic heterocycles. The molecule has 0 atom stereocenters. The lowest BCUT2D eigenvalue weighted by Gasteiger charge is -2.28. The topological polar surface area (TPSA) is 102 Å². The van der Waals surface area contributed by atoms with Gasteiger partial charge in [-0.2, -0.15) is 5.10 Å². The first kappa shape index (κ1) is 24.2. The maximum absolute atomic E-state index is 14.3. The van der Waals surface area contributed by atoms with Gasteiger partial charge in [0.05, 0.1) is 23.1 Å². The van der Waals surface area contributed by atoms with Gasteiger partial charge in [0.25, 0.3) is 5.91 Å². The fraction of sp³-hybridized carbons (Fsp3) is 0.208. The van der Waals surface area contributed by atoms with Gasteiger partial charge in [-0.15, -0.1) is 13.2 Å². The summed E-state index contributed by atoms with van der Waals surface area (Å²) in [7, 11) is 0. The smallest absolute Gasteiger partial charge is 0.406 e. The number of rotatable bonds is 5. The summed E-state index contributed by atoms with van der Waals surface area (Å²) in [6.07, 6.45) is -1.41. The van der Waals surface area contributed by atoms with Crippen LogP contribution in [0.3, 0.4) is 0 Å². The van der Waals surface area contributed by atoms with Crippen LogP contribution in [-0.2, 0) is 17.8 Å². The number of pyridine rings is 1. The first-order valence-electron chi connectivity index (χ1n) is 11.0. The number of anilines is 1. The Hall–Kier alpha value is -4.55. The average molecular weight is 514 g/mol. The predicted octanol–water partition coefficient (Wildman–Crippen LogP) is 3.99. The molecule has 9 nitrogen and oxygen atoms in total. The highest BCUT2D eigenvalue weighted by atomic mass is 19.4. The number of alkyl halides is 3. The monoisotopic (exact) mass is 514 g/mol. The van der Waals surface area contributed by atoms with Crippen LogP contribution >= 0.6 is 0 Å². The molecule has 2 amide bonds. The third-order valence-corrected chi connectivity index (χ3v) is 5.64. The molecular weight excluding hydrogens is 496 g/mol. The van der Waals surface area contributed by atoms with Crippen molar-refractivity contribution in [2.45, 2.75) is 26.3 Å². The Morgan fingerprint density at radius 2 is 2.00 bits per heavy atom. The number of carbonyl (C=O) groups excluding carboxylic acids is 2. The Morgan fingerprint density at radius 3 is 2.76 bits per heavy atom. The number of benzene rings is 1. The number of halogens is 4. The fourth-order valence-corrected chi connectivity index (χ4v) is 4.03. The zero-order chi connectivity index (χ0) is 26.3. The number of nitrogens with zero attached hydrogens (tertiary/aromatic N) is 5. The summed E-state index contributed by atoms with van der Waals surface area (Å²) in [5.74, 6) is -1.70. The Bertz CT molecular complexity index is 1530. The molecule has 0 unspecified atom stereocenters. The minimum absolute atomic E-state index is 0.107. The van der Waals surface area contributed by atoms with Crippen molar-refractivity contribution < 1.29 is 31.9 Å². The van der Waals surface area contributed by atoms with Crippen LogP contribution in [0.5, 0.6) is 5.75 Å². The van der Waals surface area contributed by atoms with Crippen LogP contribution in [0.4, 0.5) is 23.4 Å². The summed E-state index contributed by atoms with van der Waals surface area (Å²) in [5, 5.41) is 7.05. The molecule has 37 heavy (non-hydrogen) atoms. The van der Waals surface area contributed by atoms with Crippen molar-refractivity contribution in [2.24, 2.45) is 0 Å². The van der Waals surface area contributed by atoms with E-state index in [4.69, 9.17) is 0 Å². The van der Waals surface area contributed by atoms with Crippen molar-refractivity contribution in [3.05, 3.63) is 71.4 Å². The summed E-state index contributed by atoms with van der Waals surface area (Å²) in [5.41, 5.74) is 2.26. The first-order valence-corrected chi connectivity index (χ1v) is 11.0. The highest BCUT2D eigenvalue weighted by Gasteiger charge is 2.32. The molecule has 0 saturated heterocycles. The van der Waals surface area contributed by atoms with Crippen molar-refractivity contribution in [2.75, 3.05) is 11.9 Å². The summed E-state index contributed by atoms with van der Waals surface area (Å²) < 4.78 is 57.4. The van der Waals surface area contributed by atoms with Crippen molar-refractivity contribution in [3.8, 4) is 17.0 Å². The number of fused-ring (bicyclic) bond motifs is 2. The van der Waals surface area contributed by atoms with E-state index in [0.717, 1.165) is 18.2 Å². The van der Waals surface area contributed by atoms with E-state index in [1.807, 2.05) is 0 Å². The van der Waals surface area contributed by atoms with Gasteiger partial charge < -0.3 is 15.0 Å². The zero-order valence-corrected chi connectivity index (χ0v) is 19.2. The van der Waals surface area contributed by atoms with Crippen LogP contribution in [0.2, 0.25) is 0 Å². The van der Waals surface area contributed by atoms with E-state index in [1.165, 1.54) is 16.3 Å². The molecule has 0 fully saturated rings. The van der Waals surface area contributed by atoms with E-state index in [1.54, 1.807) is 30.6 Å². The zero-order valence-electron chi connectivity index (χ0n) is 19.2. The summed E-state index contributed by atoms with van der Waals surface area (Å²) in [4.78, 5) is 34.5. The number of hydrogen-bond donors (Lipinski definition) is 1. The largest absolute Gasteiger partial charge is 0.573 e. The van der Waals surface area contributed by atoms with Crippen LogP contribution in [0.25, 0.3) is 16.9 Å². The number of aromatic nitrogens is 4. The number of hydrogen-bond acceptors (Lipinski definition) is 6. The van der Waals surface area contributed by atoms with E-state index in [9.17, 15) is 27.2 Å². The number of carbonyl (C=O) groups is 2. The Labute approximate surface area is 206 Å². The lowest BCUT2D eigenvalue weighted by atomic mass is 10.0. The molecule has 5 rings (SSSR count). The van der Waals surface area contributed by atoms with Crippen LogP contribution in [-0.4, -0.2) is 49.2 Å². The minimum Gasteiger partial charge on any atom is -0.406 e. The first-order chi connectivity index (χ1) is 17.6. The van der Waals surface area contributed by atoms with Gasteiger partial charge in [-0.3, -0.25) is 14.6 Å². The molecular formula is C24H18F4N6O3. The molecule has 0 saturated carbocycles. The number of ether oxygens (including phenoxy) is 1. The Kier molecular flexibility index (Phi) is 5.97. The van der Waals surface area contributed by atoms with Crippen molar-refractivity contribution in [3.63, 3.8) is 0 Å². The Balaban J connectivity index is 1.40. The second-order valence-electron chi connectivity index (χ2n) is 8.32. The average Bonchev–Trinajstić information content (AvgIpc) is 3.22. The SMILES string of the molecule is CC(=O)Nc1cn2nc(-c3cnc4c(c3)C(=O)N(Cc3cc(OC(F)(F)F)ccc3F)CC4)ccc2n1. The highest BCUT2D eigenvalue weighted by Crippen LogP contribution is 2.28. The van der Waals surface area contributed by atoms with Gasteiger partial charge in [0.2, 0.25) is 5.91 Å². The third-order valence-electron chi connectivity index (χ3n) is 5.64. The molecule has 4 aromatic rings. The number of amides is 2. The quantitative estimate of drug-likeness (QED) is 0.405. The highest BCUT2D eigenvalue weighted by molar-refractivity contribution is 5.97. The summed E-state index contributed by atoms with van der Waals surface area (Å²) in [6, 6.07) is 7.68. The predicted molar refractivity (Wildman–Crippen MR) is 122 cm³/mol. The lowest BCUT2D eigenvalue weighted by Crippen LogP contribution is -2.37. The normalized spacial score (nSPS) is 13.5. The maximum atomic E-state index is 14.3. The fourth-order valence-electron chi connectivity index (χ4n) is 4.03. The maximum Gasteiger partial charge on any atom is 0.573 e. The molecule has 190 valence electrons. The lowest BCUT2D eigenvalue weighted by molar-refractivity contribution is -0.274. The molecule has 1 aromatic carbocycles. The van der Waals surface area contributed by atoms with E-state index in [2.05, 4.69) is 25.1 Å². The standard InChI is InChI=1S/C24H18F4N6O3/c1-13(35)30-21-12-34-22(31-21)5-4-19(32-34)14-9-17-20(29-10-14)6-7-33(23(17)36)11-15-8-16(2-3-18(15)25)37-24(26,27)28/h2-5,8-10,12H,6-7,11H2,1H3,(H,30,35). The molecule has 0 radical (unpaired) electrons. The molecule has 0 spiro atoms. The van der Waals surface area contributed by atoms with Gasteiger partial charge in [-0.25, -0.2) is 13.9 Å². The van der Waals surface area contributed by atoms with Gasteiger partial charge in [0.1, 0.15) is 11.6 Å². The van der Waals surface area contributed by atoms with Gasteiger partial charge in [-0.1, -0.05) is 0 Å². The van der Waals surface area contributed by atoms with Crippen LogP contribution in [0.1, 0.15) is 28.5 Å². The van der Waals surface area contributed by atoms with Gasteiger partial charge >= 0.3 is 6.36 Å². The number of nitrogens with one attached hydrogen (secondary N) is 1. The van der Waals surface area contributed by atoms with E-state index >= 15 is 0 Å².